The van der Waals surface area contributed by atoms with Gasteiger partial charge < -0.3 is 14.0 Å². The van der Waals surface area contributed by atoms with Crippen molar-refractivity contribution in [3.05, 3.63) is 35.4 Å². The second kappa shape index (κ2) is 19.8. The molecule has 0 aliphatic rings. The van der Waals surface area contributed by atoms with Gasteiger partial charge in [-0.25, -0.2) is 18.0 Å². The number of carbonyl (C=O) groups is 2. The fourth-order valence-electron chi connectivity index (χ4n) is 3.47. The Morgan fingerprint density at radius 2 is 1.21 bits per heavy atom. The van der Waals surface area contributed by atoms with Gasteiger partial charge in [0.2, 0.25) is 0 Å². The van der Waals surface area contributed by atoms with Gasteiger partial charge in [0.15, 0.2) is 5.44 Å². The van der Waals surface area contributed by atoms with E-state index in [1.807, 2.05) is 0 Å². The molecule has 1 aromatic carbocycles. The molecular formula is C25H39KO7S. The normalized spacial score (nSPS) is 12.0. The van der Waals surface area contributed by atoms with E-state index >= 15 is 0 Å². The zero-order valence-electron chi connectivity index (χ0n) is 21.1. The molecular weight excluding hydrogens is 483 g/mol. The number of hydrogen-bond donors (Lipinski definition) is 0. The fourth-order valence-corrected chi connectivity index (χ4v) is 3.68. The Hall–Kier alpha value is -0.294. The molecule has 0 heterocycles. The molecule has 0 aliphatic heterocycles. The molecule has 9 heteroatoms. The van der Waals surface area contributed by atoms with Gasteiger partial charge in [-0.05, 0) is 25.5 Å². The van der Waals surface area contributed by atoms with E-state index in [0.29, 0.717) is 0 Å². The molecule has 0 saturated heterocycles. The van der Waals surface area contributed by atoms with Gasteiger partial charge in [-0.1, -0.05) is 96.1 Å². The average molecular weight is 523 g/mol. The maximum Gasteiger partial charge on any atom is 1.00 e. The third-order valence-corrected chi connectivity index (χ3v) is 6.44. The van der Waals surface area contributed by atoms with Crippen LogP contribution in [0, 0.1) is 0 Å². The van der Waals surface area contributed by atoms with Crippen molar-refractivity contribution >= 4 is 22.1 Å². The van der Waals surface area contributed by atoms with E-state index in [1.165, 1.54) is 82.4 Å². The van der Waals surface area contributed by atoms with Crippen molar-refractivity contribution in [1.82, 2.24) is 0 Å². The molecule has 188 valence electrons. The van der Waals surface area contributed by atoms with E-state index in [2.05, 4.69) is 11.7 Å². The van der Waals surface area contributed by atoms with Crippen LogP contribution < -0.4 is 51.4 Å². The third-order valence-electron chi connectivity index (χ3n) is 5.53. The Balaban J connectivity index is 0.0000109. The summed E-state index contributed by atoms with van der Waals surface area (Å²) < 4.78 is 42.8. The van der Waals surface area contributed by atoms with E-state index in [-0.39, 0.29) is 69.1 Å². The number of esters is 2. The average Bonchev–Trinajstić information content (AvgIpc) is 2.78. The molecule has 1 unspecified atom stereocenters. The Bertz CT molecular complexity index is 811. The predicted octanol–water partition coefficient (Wildman–Crippen LogP) is 2.99. The summed E-state index contributed by atoms with van der Waals surface area (Å²) in [6.45, 7) is 3.44. The molecule has 7 nitrogen and oxygen atoms in total. The molecule has 0 radical (unpaired) electrons. The summed E-state index contributed by atoms with van der Waals surface area (Å²) in [6, 6.07) is 5.80. The number of hydrogen-bond acceptors (Lipinski definition) is 7. The molecule has 0 saturated carbocycles. The van der Waals surface area contributed by atoms with Crippen LogP contribution in [0.3, 0.4) is 0 Å². The molecule has 1 atom stereocenters. The minimum atomic E-state index is -4.79. The van der Waals surface area contributed by atoms with Crippen molar-refractivity contribution in [2.75, 3.05) is 6.61 Å². The molecule has 1 rings (SSSR count). The van der Waals surface area contributed by atoms with Gasteiger partial charge in [-0.2, -0.15) is 0 Å². The summed E-state index contributed by atoms with van der Waals surface area (Å²) in [5, 5.41) is 0. The SMILES string of the molecule is CCCCCCCCCCCCCCCOC(=O)c1ccccc1C(=O)OC(C)S(=O)(=O)[O-].[K+]. The van der Waals surface area contributed by atoms with Crippen LogP contribution in [0.1, 0.15) is 118 Å². The summed E-state index contributed by atoms with van der Waals surface area (Å²) in [5.74, 6) is -1.74. The summed E-state index contributed by atoms with van der Waals surface area (Å²) in [6.07, 6.45) is 15.9. The summed E-state index contributed by atoms with van der Waals surface area (Å²) >= 11 is 0. The Morgan fingerprint density at radius 1 is 0.794 bits per heavy atom. The van der Waals surface area contributed by atoms with Crippen LogP contribution in [0.15, 0.2) is 24.3 Å². The zero-order chi connectivity index (χ0) is 24.5. The van der Waals surface area contributed by atoms with Gasteiger partial charge >= 0.3 is 63.3 Å². The zero-order valence-corrected chi connectivity index (χ0v) is 25.0. The van der Waals surface area contributed by atoms with Crippen LogP contribution in [0.5, 0.6) is 0 Å². The van der Waals surface area contributed by atoms with E-state index in [0.717, 1.165) is 26.2 Å². The first-order valence-corrected chi connectivity index (χ1v) is 13.7. The maximum absolute atomic E-state index is 12.4. The first kappa shape index (κ1) is 33.7. The van der Waals surface area contributed by atoms with Crippen molar-refractivity contribution < 1.29 is 83.4 Å². The fraction of sp³-hybridized carbons (Fsp3) is 0.680. The van der Waals surface area contributed by atoms with E-state index in [4.69, 9.17) is 4.74 Å². The summed E-state index contributed by atoms with van der Waals surface area (Å²) in [7, 11) is -4.79. The molecule has 0 spiro atoms. The van der Waals surface area contributed by atoms with Crippen LogP contribution in [0.4, 0.5) is 0 Å². The smallest absolute Gasteiger partial charge is 0.745 e. The molecule has 0 amide bonds. The predicted molar refractivity (Wildman–Crippen MR) is 127 cm³/mol. The van der Waals surface area contributed by atoms with E-state index < -0.39 is 27.5 Å². The maximum atomic E-state index is 12.4. The van der Waals surface area contributed by atoms with E-state index in [1.54, 1.807) is 6.07 Å². The second-order valence-corrected chi connectivity index (χ2v) is 10.0. The second-order valence-electron chi connectivity index (χ2n) is 8.39. The Morgan fingerprint density at radius 3 is 1.65 bits per heavy atom. The topological polar surface area (TPSA) is 110 Å². The molecule has 0 fully saturated rings. The quantitative estimate of drug-likeness (QED) is 0.126. The molecule has 1 aromatic rings. The van der Waals surface area contributed by atoms with Crippen molar-refractivity contribution in [1.29, 1.82) is 0 Å². The van der Waals surface area contributed by atoms with Gasteiger partial charge in [0.1, 0.15) is 10.1 Å². The summed E-state index contributed by atoms with van der Waals surface area (Å²) in [5.41, 5.74) is -2.00. The van der Waals surface area contributed by atoms with Crippen molar-refractivity contribution in [2.24, 2.45) is 0 Å². The van der Waals surface area contributed by atoms with Crippen molar-refractivity contribution in [3.8, 4) is 0 Å². The molecule has 0 N–H and O–H groups in total. The first-order valence-electron chi connectivity index (χ1n) is 12.2. The van der Waals surface area contributed by atoms with Crippen molar-refractivity contribution in [3.63, 3.8) is 0 Å². The Kier molecular flexibility index (Phi) is 19.7. The van der Waals surface area contributed by atoms with Gasteiger partial charge in [0.25, 0.3) is 0 Å². The standard InChI is InChI=1S/C25H40O7S.K/c1-3-4-5-6-7-8-9-10-11-12-13-14-17-20-31-24(26)22-18-15-16-19-23(22)25(27)32-21(2)33(28,29)30;/h15-16,18-19,21H,3-14,17,20H2,1-2H3,(H,28,29,30);/q;+1/p-1. The van der Waals surface area contributed by atoms with Crippen LogP contribution in [0.2, 0.25) is 0 Å². The third kappa shape index (κ3) is 15.0. The van der Waals surface area contributed by atoms with Gasteiger partial charge in [-0.3, -0.25) is 0 Å². The molecule has 34 heavy (non-hydrogen) atoms. The molecule has 0 bridgehead atoms. The van der Waals surface area contributed by atoms with Crippen LogP contribution >= 0.6 is 0 Å². The largest absolute Gasteiger partial charge is 1.00 e. The minimum Gasteiger partial charge on any atom is -0.745 e. The summed E-state index contributed by atoms with van der Waals surface area (Å²) in [4.78, 5) is 24.6. The van der Waals surface area contributed by atoms with Gasteiger partial charge in [0, 0.05) is 0 Å². The number of rotatable bonds is 18. The molecule has 0 aromatic heterocycles. The van der Waals surface area contributed by atoms with Crippen LogP contribution in [-0.2, 0) is 19.6 Å². The van der Waals surface area contributed by atoms with Gasteiger partial charge in [-0.15, -0.1) is 0 Å². The number of carbonyl (C=O) groups excluding carboxylic acids is 2. The first-order chi connectivity index (χ1) is 15.8. The minimum absolute atomic E-state index is 0. The monoisotopic (exact) mass is 522 g/mol. The number of ether oxygens (including phenoxy) is 2. The van der Waals surface area contributed by atoms with Gasteiger partial charge in [0.05, 0.1) is 17.7 Å². The Labute approximate surface area is 247 Å². The number of benzene rings is 1. The van der Waals surface area contributed by atoms with Crippen LogP contribution in [-0.4, -0.2) is 37.0 Å². The van der Waals surface area contributed by atoms with Crippen molar-refractivity contribution in [2.45, 2.75) is 103 Å². The molecule has 0 aliphatic carbocycles. The number of unbranched alkanes of at least 4 members (excludes halogenated alkanes) is 12. The van der Waals surface area contributed by atoms with E-state index in [9.17, 15) is 22.6 Å². The van der Waals surface area contributed by atoms with Crippen LogP contribution in [0.25, 0.3) is 0 Å².